The fourth-order valence-electron chi connectivity index (χ4n) is 7.08. The second-order valence-corrected chi connectivity index (χ2v) is 15.4. The molecule has 0 spiro atoms. The predicted octanol–water partition coefficient (Wildman–Crippen LogP) is 7.30. The maximum Gasteiger partial charge on any atom is 0.329 e. The first kappa shape index (κ1) is 46.3. The summed E-state index contributed by atoms with van der Waals surface area (Å²) in [7, 11) is 7.74. The summed E-state index contributed by atoms with van der Waals surface area (Å²) in [6, 6.07) is 15.7. The third-order valence-electron chi connectivity index (χ3n) is 10.2. The van der Waals surface area contributed by atoms with Crippen molar-refractivity contribution < 1.29 is 47.5 Å². The van der Waals surface area contributed by atoms with Crippen LogP contribution in [-0.4, -0.2) is 90.5 Å². The molecular formula is C44H60IN3O10. The van der Waals surface area contributed by atoms with Gasteiger partial charge in [-0.1, -0.05) is 72.5 Å². The molecule has 318 valence electrons. The molecule has 3 aromatic rings. The number of ether oxygens (including phenoxy) is 7. The zero-order valence-electron chi connectivity index (χ0n) is 34.5. The van der Waals surface area contributed by atoms with Crippen LogP contribution in [0, 0.1) is 0 Å². The number of piperidine rings is 1. The van der Waals surface area contributed by atoms with E-state index in [4.69, 9.17) is 38.9 Å². The number of nitrogens with zero attached hydrogens (tertiary/aromatic N) is 1. The smallest absolute Gasteiger partial charge is 0.329 e. The highest BCUT2D eigenvalue weighted by Gasteiger charge is 2.38. The van der Waals surface area contributed by atoms with Gasteiger partial charge in [0.2, 0.25) is 11.7 Å². The topological polar surface area (TPSA) is 157 Å². The number of para-hydroxylation sites is 1. The van der Waals surface area contributed by atoms with Gasteiger partial charge in [-0.15, -0.1) is 0 Å². The number of methoxy groups -OCH3 is 5. The van der Waals surface area contributed by atoms with E-state index in [9.17, 15) is 14.4 Å². The maximum atomic E-state index is 14.3. The van der Waals surface area contributed by atoms with Crippen LogP contribution >= 0.6 is 22.6 Å². The number of aryl methyl sites for hydroxylation is 1. The quantitative estimate of drug-likeness (QED) is 0.0403. The summed E-state index contributed by atoms with van der Waals surface area (Å²) in [4.78, 5) is 43.0. The number of nitrogens with one attached hydrogen (secondary N) is 1. The summed E-state index contributed by atoms with van der Waals surface area (Å²) < 4.78 is 39.4. The number of halogens is 1. The average molecular weight is 918 g/mol. The molecule has 0 bridgehead atoms. The van der Waals surface area contributed by atoms with Crippen LogP contribution in [0.25, 0.3) is 0 Å². The van der Waals surface area contributed by atoms with Crippen molar-refractivity contribution in [3.63, 3.8) is 0 Å². The molecule has 14 heteroatoms. The van der Waals surface area contributed by atoms with Crippen LogP contribution in [0.5, 0.6) is 34.5 Å². The lowest BCUT2D eigenvalue weighted by molar-refractivity contribution is -0.162. The Labute approximate surface area is 356 Å². The zero-order chi connectivity index (χ0) is 41.9. The predicted molar refractivity (Wildman–Crippen MR) is 231 cm³/mol. The van der Waals surface area contributed by atoms with Gasteiger partial charge >= 0.3 is 5.97 Å². The molecule has 0 aromatic heterocycles. The van der Waals surface area contributed by atoms with Crippen molar-refractivity contribution in [3.05, 3.63) is 71.3 Å². The second-order valence-electron chi connectivity index (χ2n) is 14.1. The number of carbonyl (C=O) groups excluding carboxylic acids is 3. The average Bonchev–Trinajstić information content (AvgIpc) is 3.26. The number of amides is 2. The minimum Gasteiger partial charge on any atom is -0.493 e. The Balaban J connectivity index is 1.53. The summed E-state index contributed by atoms with van der Waals surface area (Å²) in [5.41, 5.74) is 7.80. The van der Waals surface area contributed by atoms with Crippen molar-refractivity contribution >= 4 is 40.4 Å². The lowest BCUT2D eigenvalue weighted by Gasteiger charge is -2.36. The third kappa shape index (κ3) is 13.0. The van der Waals surface area contributed by atoms with E-state index in [0.717, 1.165) is 63.5 Å². The van der Waals surface area contributed by atoms with Crippen LogP contribution in [0.15, 0.2) is 54.6 Å². The SMILES string of the molecule is COc1ccc(CC[C@@H](OC(=O)[C@@H]2CCCCN2C(=O)[C@@H](I)c2cc(OC)c(OC)c(OC)c2)c2ccccc2OCC(=O)NCCCCCCCCN)cc1OC. The Kier molecular flexibility index (Phi) is 19.5. The second kappa shape index (κ2) is 24.5. The van der Waals surface area contributed by atoms with Crippen LogP contribution in [0.1, 0.15) is 90.9 Å². The highest BCUT2D eigenvalue weighted by atomic mass is 127. The molecular weight excluding hydrogens is 857 g/mol. The molecule has 13 nitrogen and oxygen atoms in total. The molecule has 2 amide bonds. The van der Waals surface area contributed by atoms with Crippen molar-refractivity contribution in [3.8, 4) is 34.5 Å². The van der Waals surface area contributed by atoms with Gasteiger partial charge in [0.15, 0.2) is 29.6 Å². The van der Waals surface area contributed by atoms with Crippen LogP contribution in [0.2, 0.25) is 0 Å². The molecule has 1 fully saturated rings. The van der Waals surface area contributed by atoms with Crippen LogP contribution in [-0.2, 0) is 25.5 Å². The van der Waals surface area contributed by atoms with Crippen molar-refractivity contribution in [2.75, 3.05) is 61.8 Å². The number of benzene rings is 3. The number of carbonyl (C=O) groups is 3. The van der Waals surface area contributed by atoms with Gasteiger partial charge in [0, 0.05) is 18.7 Å². The molecule has 0 aliphatic carbocycles. The van der Waals surface area contributed by atoms with Crippen LogP contribution in [0.4, 0.5) is 0 Å². The maximum absolute atomic E-state index is 14.3. The third-order valence-corrected chi connectivity index (χ3v) is 11.5. The van der Waals surface area contributed by atoms with E-state index in [2.05, 4.69) is 27.9 Å². The fourth-order valence-corrected chi connectivity index (χ4v) is 7.80. The number of rotatable bonds is 24. The number of hydrogen-bond donors (Lipinski definition) is 2. The van der Waals surface area contributed by atoms with Gasteiger partial charge in [-0.2, -0.15) is 0 Å². The van der Waals surface area contributed by atoms with E-state index in [1.807, 2.05) is 36.4 Å². The molecule has 4 rings (SSSR count). The Morgan fingerprint density at radius 2 is 1.47 bits per heavy atom. The Morgan fingerprint density at radius 1 is 0.793 bits per heavy atom. The first-order valence-electron chi connectivity index (χ1n) is 20.0. The lowest BCUT2D eigenvalue weighted by atomic mass is 9.98. The number of likely N-dealkylation sites (tertiary alicyclic amines) is 1. The summed E-state index contributed by atoms with van der Waals surface area (Å²) in [6.07, 6.45) is 8.48. The van der Waals surface area contributed by atoms with Crippen molar-refractivity contribution in [2.45, 2.75) is 86.7 Å². The largest absolute Gasteiger partial charge is 0.493 e. The Morgan fingerprint density at radius 3 is 2.14 bits per heavy atom. The fraction of sp³-hybridized carbons (Fsp3) is 0.523. The molecule has 1 saturated heterocycles. The number of esters is 1. The van der Waals surface area contributed by atoms with E-state index >= 15 is 0 Å². The highest BCUT2D eigenvalue weighted by molar-refractivity contribution is 14.1. The van der Waals surface area contributed by atoms with Crippen LogP contribution < -0.4 is 39.5 Å². The summed E-state index contributed by atoms with van der Waals surface area (Å²) in [5.74, 6) is 1.97. The highest BCUT2D eigenvalue weighted by Crippen LogP contribution is 2.42. The molecule has 0 saturated carbocycles. The Bertz CT molecular complexity index is 1750. The summed E-state index contributed by atoms with van der Waals surface area (Å²) >= 11 is 2.09. The van der Waals surface area contributed by atoms with Gasteiger partial charge < -0.3 is 49.1 Å². The van der Waals surface area contributed by atoms with Crippen molar-refractivity contribution in [2.24, 2.45) is 5.73 Å². The van der Waals surface area contributed by atoms with E-state index < -0.39 is 22.0 Å². The van der Waals surface area contributed by atoms with Gasteiger partial charge in [0.05, 0.1) is 35.5 Å². The molecule has 3 N–H and O–H groups in total. The molecule has 3 aromatic carbocycles. The van der Waals surface area contributed by atoms with Crippen molar-refractivity contribution in [1.29, 1.82) is 0 Å². The van der Waals surface area contributed by atoms with Crippen molar-refractivity contribution in [1.82, 2.24) is 10.2 Å². The Hall–Kier alpha value is -4.44. The van der Waals surface area contributed by atoms with E-state index in [1.54, 1.807) is 37.3 Å². The number of alkyl halides is 1. The first-order valence-corrected chi connectivity index (χ1v) is 21.3. The molecule has 3 atom stereocenters. The minimum atomic E-state index is -0.802. The summed E-state index contributed by atoms with van der Waals surface area (Å²) in [5, 5.41) is 2.95. The van der Waals surface area contributed by atoms with E-state index in [0.29, 0.717) is 78.0 Å². The monoisotopic (exact) mass is 917 g/mol. The van der Waals surface area contributed by atoms with Gasteiger partial charge in [0.1, 0.15) is 21.8 Å². The lowest BCUT2D eigenvalue weighted by Crippen LogP contribution is -2.49. The standard InChI is InChI=1S/C44H60IN3O10/c1-52-36-22-20-30(26-37(36)53-2)19-21-35(32-16-10-11-18-34(32)57-29-40(49)47-24-14-9-7-6-8-13-23-46)58-44(51)33-17-12-15-25-48(33)43(50)41(45)31-27-38(54-3)42(56-5)39(28-31)55-4/h10-11,16,18,20,22,26-28,33,35,41H,6-9,12-15,17,19,21,23-25,29,46H2,1-5H3,(H,47,49)/t33-,35+,41-/m0/s1. The first-order chi connectivity index (χ1) is 28.2. The van der Waals surface area contributed by atoms with Gasteiger partial charge in [-0.3, -0.25) is 9.59 Å². The van der Waals surface area contributed by atoms with Gasteiger partial charge in [-0.05, 0) is 92.9 Å². The van der Waals surface area contributed by atoms with Gasteiger partial charge in [-0.25, -0.2) is 4.79 Å². The van der Waals surface area contributed by atoms with E-state index in [-0.39, 0.29) is 18.4 Å². The number of nitrogens with two attached hydrogens (primary N) is 1. The molecule has 1 aliphatic rings. The number of unbranched alkanes of at least 4 members (excludes halogenated alkanes) is 5. The molecule has 1 aliphatic heterocycles. The molecule has 0 unspecified atom stereocenters. The van der Waals surface area contributed by atoms with Crippen LogP contribution in [0.3, 0.4) is 0 Å². The summed E-state index contributed by atoms with van der Waals surface area (Å²) in [6.45, 7) is 1.51. The molecule has 58 heavy (non-hydrogen) atoms. The zero-order valence-corrected chi connectivity index (χ0v) is 36.7. The normalized spacial score (nSPS) is 14.8. The molecule has 1 heterocycles. The minimum absolute atomic E-state index is 0.188. The van der Waals surface area contributed by atoms with Gasteiger partial charge in [0.25, 0.3) is 5.91 Å². The molecule has 0 radical (unpaired) electrons. The number of hydrogen-bond acceptors (Lipinski definition) is 11. The van der Waals surface area contributed by atoms with E-state index in [1.165, 1.54) is 21.3 Å².